The summed E-state index contributed by atoms with van der Waals surface area (Å²) in [5.41, 5.74) is 5.10. The van der Waals surface area contributed by atoms with Gasteiger partial charge in [-0.1, -0.05) is 65.7 Å². The molecule has 0 radical (unpaired) electrons. The van der Waals surface area contributed by atoms with Crippen LogP contribution >= 0.6 is 0 Å². The van der Waals surface area contributed by atoms with E-state index in [1.807, 2.05) is 92.7 Å². The second-order valence-electron chi connectivity index (χ2n) is 7.28. The summed E-state index contributed by atoms with van der Waals surface area (Å²) in [6, 6.07) is 25.2. The molecule has 4 rings (SSSR count). The van der Waals surface area contributed by atoms with Crippen LogP contribution in [0.3, 0.4) is 0 Å². The molecular formula is C25H23N5O. The van der Waals surface area contributed by atoms with Crippen LogP contribution in [0.25, 0.3) is 0 Å². The molecule has 3 aromatic carbocycles. The molecule has 0 unspecified atom stereocenters. The highest BCUT2D eigenvalue weighted by Crippen LogP contribution is 2.28. The molecule has 4 aromatic rings. The molecule has 1 heterocycles. The monoisotopic (exact) mass is 409 g/mol. The molecule has 154 valence electrons. The number of nitrogens with zero attached hydrogens (tertiary/aromatic N) is 2. The zero-order valence-electron chi connectivity index (χ0n) is 17.4. The molecule has 0 aliphatic heterocycles. The highest BCUT2D eigenvalue weighted by Gasteiger charge is 2.21. The smallest absolute Gasteiger partial charge is 0.263 e. The number of amides is 1. The van der Waals surface area contributed by atoms with Crippen molar-refractivity contribution in [2.45, 2.75) is 13.8 Å². The molecule has 6 nitrogen and oxygen atoms in total. The third-order valence-electron chi connectivity index (χ3n) is 4.74. The third-order valence-corrected chi connectivity index (χ3v) is 4.74. The van der Waals surface area contributed by atoms with Gasteiger partial charge in [0.25, 0.3) is 5.91 Å². The Labute approximate surface area is 181 Å². The molecule has 0 aliphatic carbocycles. The minimum atomic E-state index is -0.299. The topological polar surface area (TPSA) is 82.2 Å². The Bertz CT molecular complexity index is 1190. The van der Waals surface area contributed by atoms with E-state index in [4.69, 9.17) is 0 Å². The molecule has 0 saturated carbocycles. The Balaban J connectivity index is 1.66. The van der Waals surface area contributed by atoms with Crippen molar-refractivity contribution in [3.8, 4) is 0 Å². The highest BCUT2D eigenvalue weighted by atomic mass is 16.1. The van der Waals surface area contributed by atoms with Gasteiger partial charge >= 0.3 is 0 Å². The molecule has 31 heavy (non-hydrogen) atoms. The van der Waals surface area contributed by atoms with Crippen LogP contribution in [0.5, 0.6) is 0 Å². The number of benzene rings is 3. The summed E-state index contributed by atoms with van der Waals surface area (Å²) in [5.74, 6) is 0.488. The summed E-state index contributed by atoms with van der Waals surface area (Å²) in [5, 5.41) is 13.3. The Morgan fingerprint density at radius 2 is 1.52 bits per heavy atom. The van der Waals surface area contributed by atoms with E-state index in [0.29, 0.717) is 22.9 Å². The molecule has 0 atom stereocenters. The largest absolute Gasteiger partial charge is 0.340 e. The summed E-state index contributed by atoms with van der Waals surface area (Å²) in [7, 11) is 0. The maximum Gasteiger partial charge on any atom is 0.263 e. The fraction of sp³-hybridized carbons (Fsp3) is 0.0800. The van der Waals surface area contributed by atoms with Crippen LogP contribution < -0.4 is 10.6 Å². The molecule has 1 amide bonds. The molecule has 0 saturated heterocycles. The number of aryl methyl sites for hydroxylation is 2. The minimum absolute atomic E-state index is 0.299. The molecule has 0 aliphatic rings. The van der Waals surface area contributed by atoms with Crippen LogP contribution in [0.1, 0.15) is 27.0 Å². The Hall–Kier alpha value is -4.19. The van der Waals surface area contributed by atoms with Gasteiger partial charge in [-0.25, -0.2) is 4.99 Å². The molecule has 0 fully saturated rings. The van der Waals surface area contributed by atoms with Crippen molar-refractivity contribution in [2.24, 2.45) is 4.99 Å². The SMILES string of the molecule is Cc1ccc(C=Nc2n[nH]c(Nc3ccccc3)c2C(=O)Nc2ccc(C)cc2)cc1. The molecule has 1 aromatic heterocycles. The number of carbonyl (C=O) groups excluding carboxylic acids is 1. The van der Waals surface area contributed by atoms with Crippen LogP contribution in [0.2, 0.25) is 0 Å². The first-order valence-corrected chi connectivity index (χ1v) is 9.98. The molecular weight excluding hydrogens is 386 g/mol. The van der Waals surface area contributed by atoms with E-state index in [1.54, 1.807) is 6.21 Å². The van der Waals surface area contributed by atoms with Crippen molar-refractivity contribution in [1.29, 1.82) is 0 Å². The first kappa shape index (κ1) is 20.1. The van der Waals surface area contributed by atoms with Crippen molar-refractivity contribution in [3.05, 3.63) is 101 Å². The summed E-state index contributed by atoms with van der Waals surface area (Å²) in [4.78, 5) is 17.6. The van der Waals surface area contributed by atoms with Crippen LogP contribution in [0.4, 0.5) is 23.0 Å². The second kappa shape index (κ2) is 9.09. The maximum atomic E-state index is 13.2. The number of aliphatic imine (C=N–C) groups is 1. The van der Waals surface area contributed by atoms with E-state index in [0.717, 1.165) is 16.8 Å². The summed E-state index contributed by atoms with van der Waals surface area (Å²) in [6.07, 6.45) is 1.70. The van der Waals surface area contributed by atoms with Gasteiger partial charge in [0.2, 0.25) is 0 Å². The summed E-state index contributed by atoms with van der Waals surface area (Å²) in [6.45, 7) is 4.03. The average molecular weight is 409 g/mol. The van der Waals surface area contributed by atoms with Crippen molar-refractivity contribution in [3.63, 3.8) is 0 Å². The average Bonchev–Trinajstić information content (AvgIpc) is 3.18. The van der Waals surface area contributed by atoms with E-state index in [-0.39, 0.29) is 5.91 Å². The standard InChI is InChI=1S/C25H23N5O/c1-17-8-12-19(13-9-17)16-26-23-22(25(31)28-21-14-10-18(2)11-15-21)24(30-29-23)27-20-6-4-3-5-7-20/h3-16H,1-2H3,(H,28,31)(H2,27,29,30). The predicted molar refractivity (Wildman–Crippen MR) is 126 cm³/mol. The molecule has 0 spiro atoms. The van der Waals surface area contributed by atoms with Gasteiger partial charge in [0, 0.05) is 17.6 Å². The van der Waals surface area contributed by atoms with Gasteiger partial charge in [-0.2, -0.15) is 5.10 Å². The third kappa shape index (κ3) is 5.05. The quantitative estimate of drug-likeness (QED) is 0.353. The predicted octanol–water partition coefficient (Wildman–Crippen LogP) is 5.77. The number of para-hydroxylation sites is 1. The van der Waals surface area contributed by atoms with Crippen molar-refractivity contribution < 1.29 is 4.79 Å². The number of aromatic amines is 1. The number of H-pyrrole nitrogens is 1. The lowest BCUT2D eigenvalue weighted by Gasteiger charge is -2.09. The molecule has 3 N–H and O–H groups in total. The number of anilines is 3. The van der Waals surface area contributed by atoms with Gasteiger partial charge in [0.1, 0.15) is 11.4 Å². The van der Waals surface area contributed by atoms with E-state index in [1.165, 1.54) is 5.56 Å². The zero-order chi connectivity index (χ0) is 21.6. The maximum absolute atomic E-state index is 13.2. The Kier molecular flexibility index (Phi) is 5.89. The van der Waals surface area contributed by atoms with Crippen LogP contribution in [-0.2, 0) is 0 Å². The van der Waals surface area contributed by atoms with Crippen molar-refractivity contribution >= 4 is 35.1 Å². The number of hydrogen-bond donors (Lipinski definition) is 3. The van der Waals surface area contributed by atoms with Crippen LogP contribution in [-0.4, -0.2) is 22.3 Å². The summed E-state index contributed by atoms with van der Waals surface area (Å²) < 4.78 is 0. The first-order valence-electron chi connectivity index (χ1n) is 9.98. The Morgan fingerprint density at radius 3 is 2.19 bits per heavy atom. The van der Waals surface area contributed by atoms with E-state index in [2.05, 4.69) is 25.8 Å². The minimum Gasteiger partial charge on any atom is -0.340 e. The van der Waals surface area contributed by atoms with Crippen molar-refractivity contribution in [2.75, 3.05) is 10.6 Å². The fourth-order valence-electron chi connectivity index (χ4n) is 3.02. The van der Waals surface area contributed by atoms with Crippen molar-refractivity contribution in [1.82, 2.24) is 10.2 Å². The Morgan fingerprint density at radius 1 is 0.871 bits per heavy atom. The number of carbonyl (C=O) groups is 1. The van der Waals surface area contributed by atoms with Gasteiger partial charge < -0.3 is 10.6 Å². The zero-order valence-corrected chi connectivity index (χ0v) is 17.4. The number of aromatic nitrogens is 2. The number of nitrogens with one attached hydrogen (secondary N) is 3. The first-order chi connectivity index (χ1) is 15.1. The van der Waals surface area contributed by atoms with Gasteiger partial charge in [-0.15, -0.1) is 0 Å². The fourth-order valence-corrected chi connectivity index (χ4v) is 3.02. The lowest BCUT2D eigenvalue weighted by atomic mass is 10.2. The van der Waals surface area contributed by atoms with Gasteiger partial charge in [0.15, 0.2) is 5.82 Å². The highest BCUT2D eigenvalue weighted by molar-refractivity contribution is 6.11. The normalized spacial score (nSPS) is 10.9. The van der Waals surface area contributed by atoms with E-state index < -0.39 is 0 Å². The summed E-state index contributed by atoms with van der Waals surface area (Å²) >= 11 is 0. The van der Waals surface area contributed by atoms with Crippen LogP contribution in [0.15, 0.2) is 83.9 Å². The lowest BCUT2D eigenvalue weighted by molar-refractivity contribution is 0.102. The van der Waals surface area contributed by atoms with Gasteiger partial charge in [-0.3, -0.25) is 9.89 Å². The van der Waals surface area contributed by atoms with Crippen LogP contribution in [0, 0.1) is 13.8 Å². The lowest BCUT2D eigenvalue weighted by Crippen LogP contribution is -2.13. The van der Waals surface area contributed by atoms with Gasteiger partial charge in [-0.05, 0) is 43.7 Å². The second-order valence-corrected chi connectivity index (χ2v) is 7.28. The number of rotatable bonds is 6. The number of hydrogen-bond acceptors (Lipinski definition) is 4. The van der Waals surface area contributed by atoms with E-state index >= 15 is 0 Å². The molecule has 0 bridgehead atoms. The molecule has 6 heteroatoms. The van der Waals surface area contributed by atoms with Gasteiger partial charge in [0.05, 0.1) is 0 Å². The van der Waals surface area contributed by atoms with E-state index in [9.17, 15) is 4.79 Å².